The van der Waals surface area contributed by atoms with Crippen LogP contribution in [0.15, 0.2) is 24.3 Å². The second kappa shape index (κ2) is 6.73. The van der Waals surface area contributed by atoms with Crippen molar-refractivity contribution < 1.29 is 9.18 Å². The van der Waals surface area contributed by atoms with Crippen LogP contribution in [-0.4, -0.2) is 43.0 Å². The summed E-state index contributed by atoms with van der Waals surface area (Å²) in [6.45, 7) is 4.15. The largest absolute Gasteiger partial charge is 0.366 e. The molecule has 0 aromatic heterocycles. The molecular formula is C13H19ClFN3O. The molecule has 0 spiro atoms. The molecule has 2 N–H and O–H groups in total. The molecular weight excluding hydrogens is 269 g/mol. The van der Waals surface area contributed by atoms with E-state index in [2.05, 4.69) is 0 Å². The van der Waals surface area contributed by atoms with Crippen LogP contribution in [0.1, 0.15) is 6.92 Å². The van der Waals surface area contributed by atoms with Gasteiger partial charge in [-0.1, -0.05) is 12.1 Å². The SMILES string of the molecule is CC(N)C(=O)N1CCN(c2ccccc2F)CC1.Cl. The third-order valence-corrected chi connectivity index (χ3v) is 3.17. The molecule has 6 heteroatoms. The van der Waals surface area contributed by atoms with E-state index in [1.807, 2.05) is 11.0 Å². The van der Waals surface area contributed by atoms with Gasteiger partial charge in [0.05, 0.1) is 11.7 Å². The summed E-state index contributed by atoms with van der Waals surface area (Å²) in [6.07, 6.45) is 0. The van der Waals surface area contributed by atoms with Gasteiger partial charge < -0.3 is 15.5 Å². The summed E-state index contributed by atoms with van der Waals surface area (Å²) in [7, 11) is 0. The number of carbonyl (C=O) groups is 1. The molecule has 1 atom stereocenters. The van der Waals surface area contributed by atoms with E-state index in [1.54, 1.807) is 24.0 Å². The standard InChI is InChI=1S/C13H18FN3O.ClH/c1-10(15)13(18)17-8-6-16(7-9-17)12-5-3-2-4-11(12)14;/h2-5,10H,6-9,15H2,1H3;1H. The summed E-state index contributed by atoms with van der Waals surface area (Å²) >= 11 is 0. The molecule has 19 heavy (non-hydrogen) atoms. The lowest BCUT2D eigenvalue weighted by molar-refractivity contribution is -0.132. The van der Waals surface area contributed by atoms with Crippen molar-refractivity contribution in [3.05, 3.63) is 30.1 Å². The van der Waals surface area contributed by atoms with E-state index in [0.717, 1.165) is 0 Å². The molecule has 1 aliphatic heterocycles. The smallest absolute Gasteiger partial charge is 0.239 e. The Balaban J connectivity index is 0.00000180. The van der Waals surface area contributed by atoms with Crippen LogP contribution in [0.25, 0.3) is 0 Å². The average molecular weight is 288 g/mol. The molecule has 1 saturated heterocycles. The number of amides is 1. The normalized spacial score (nSPS) is 16.8. The van der Waals surface area contributed by atoms with Crippen LogP contribution >= 0.6 is 12.4 Å². The van der Waals surface area contributed by atoms with E-state index in [1.165, 1.54) is 6.07 Å². The number of hydrogen-bond donors (Lipinski definition) is 1. The minimum Gasteiger partial charge on any atom is -0.366 e. The highest BCUT2D eigenvalue weighted by Crippen LogP contribution is 2.20. The topological polar surface area (TPSA) is 49.6 Å². The van der Waals surface area contributed by atoms with Gasteiger partial charge in [0.25, 0.3) is 0 Å². The molecule has 0 radical (unpaired) electrons. The minimum atomic E-state index is -0.468. The van der Waals surface area contributed by atoms with E-state index in [9.17, 15) is 9.18 Å². The second-order valence-electron chi connectivity index (χ2n) is 4.55. The number of halogens is 2. The van der Waals surface area contributed by atoms with Crippen molar-refractivity contribution in [1.29, 1.82) is 0 Å². The van der Waals surface area contributed by atoms with Crippen LogP contribution in [0, 0.1) is 5.82 Å². The Kier molecular flexibility index (Phi) is 5.57. The molecule has 1 aromatic rings. The van der Waals surface area contributed by atoms with Crippen LogP contribution in [0.3, 0.4) is 0 Å². The molecule has 0 bridgehead atoms. The maximum Gasteiger partial charge on any atom is 0.239 e. The number of rotatable bonds is 2. The average Bonchev–Trinajstić information content (AvgIpc) is 2.38. The Morgan fingerprint density at radius 2 is 1.84 bits per heavy atom. The molecule has 1 aliphatic rings. The fourth-order valence-corrected chi connectivity index (χ4v) is 2.16. The fraction of sp³-hybridized carbons (Fsp3) is 0.462. The maximum absolute atomic E-state index is 13.6. The lowest BCUT2D eigenvalue weighted by Crippen LogP contribution is -2.52. The van der Waals surface area contributed by atoms with Gasteiger partial charge in [0.15, 0.2) is 0 Å². The van der Waals surface area contributed by atoms with Gasteiger partial charge in [-0.05, 0) is 19.1 Å². The van der Waals surface area contributed by atoms with Gasteiger partial charge in [-0.2, -0.15) is 0 Å². The Morgan fingerprint density at radius 1 is 1.26 bits per heavy atom. The van der Waals surface area contributed by atoms with E-state index in [-0.39, 0.29) is 24.1 Å². The first-order valence-corrected chi connectivity index (χ1v) is 6.13. The van der Waals surface area contributed by atoms with Crippen LogP contribution < -0.4 is 10.6 Å². The third-order valence-electron chi connectivity index (χ3n) is 3.17. The monoisotopic (exact) mass is 287 g/mol. The molecule has 1 fully saturated rings. The molecule has 0 saturated carbocycles. The van der Waals surface area contributed by atoms with Crippen molar-refractivity contribution in [2.45, 2.75) is 13.0 Å². The van der Waals surface area contributed by atoms with Crippen molar-refractivity contribution >= 4 is 24.0 Å². The molecule has 106 valence electrons. The number of para-hydroxylation sites is 1. The zero-order valence-electron chi connectivity index (χ0n) is 10.9. The van der Waals surface area contributed by atoms with Gasteiger partial charge in [-0.15, -0.1) is 12.4 Å². The highest BCUT2D eigenvalue weighted by Gasteiger charge is 2.24. The summed E-state index contributed by atoms with van der Waals surface area (Å²) in [5, 5.41) is 0. The third kappa shape index (κ3) is 3.58. The molecule has 2 rings (SSSR count). The van der Waals surface area contributed by atoms with Gasteiger partial charge in [0.2, 0.25) is 5.91 Å². The van der Waals surface area contributed by atoms with Gasteiger partial charge in [-0.25, -0.2) is 4.39 Å². The summed E-state index contributed by atoms with van der Waals surface area (Å²) in [5.74, 6) is -0.257. The van der Waals surface area contributed by atoms with Crippen molar-refractivity contribution in [3.63, 3.8) is 0 Å². The van der Waals surface area contributed by atoms with Crippen LogP contribution in [0.4, 0.5) is 10.1 Å². The molecule has 1 heterocycles. The quantitative estimate of drug-likeness (QED) is 0.890. The number of hydrogen-bond acceptors (Lipinski definition) is 3. The molecule has 1 amide bonds. The zero-order valence-corrected chi connectivity index (χ0v) is 11.7. The predicted molar refractivity (Wildman–Crippen MR) is 76.1 cm³/mol. The first-order valence-electron chi connectivity index (χ1n) is 6.13. The van der Waals surface area contributed by atoms with Crippen molar-refractivity contribution in [1.82, 2.24) is 4.90 Å². The van der Waals surface area contributed by atoms with Crippen LogP contribution in [0.2, 0.25) is 0 Å². The summed E-state index contributed by atoms with van der Waals surface area (Å²) < 4.78 is 13.6. The number of benzene rings is 1. The van der Waals surface area contributed by atoms with E-state index in [0.29, 0.717) is 31.9 Å². The van der Waals surface area contributed by atoms with E-state index in [4.69, 9.17) is 5.73 Å². The number of nitrogens with zero attached hydrogens (tertiary/aromatic N) is 2. The van der Waals surface area contributed by atoms with Crippen LogP contribution in [0.5, 0.6) is 0 Å². The molecule has 1 unspecified atom stereocenters. The van der Waals surface area contributed by atoms with Crippen molar-refractivity contribution in [2.24, 2.45) is 5.73 Å². The van der Waals surface area contributed by atoms with Gasteiger partial charge in [0.1, 0.15) is 5.82 Å². The highest BCUT2D eigenvalue weighted by atomic mass is 35.5. The van der Waals surface area contributed by atoms with Crippen molar-refractivity contribution in [3.8, 4) is 0 Å². The number of carbonyl (C=O) groups excluding carboxylic acids is 1. The molecule has 1 aromatic carbocycles. The first-order chi connectivity index (χ1) is 8.59. The molecule has 4 nitrogen and oxygen atoms in total. The minimum absolute atomic E-state index is 0. The predicted octanol–water partition coefficient (Wildman–Crippen LogP) is 1.24. The number of anilines is 1. The number of nitrogens with two attached hydrogens (primary N) is 1. The van der Waals surface area contributed by atoms with E-state index < -0.39 is 6.04 Å². The highest BCUT2D eigenvalue weighted by molar-refractivity contribution is 5.85. The zero-order chi connectivity index (χ0) is 13.1. The Bertz CT molecular complexity index is 434. The van der Waals surface area contributed by atoms with Crippen molar-refractivity contribution in [2.75, 3.05) is 31.1 Å². The Morgan fingerprint density at radius 3 is 2.37 bits per heavy atom. The Labute approximate surface area is 118 Å². The lowest BCUT2D eigenvalue weighted by atomic mass is 10.2. The first kappa shape index (κ1) is 15.7. The second-order valence-corrected chi connectivity index (χ2v) is 4.55. The summed E-state index contributed by atoms with van der Waals surface area (Å²) in [5.41, 5.74) is 6.17. The van der Waals surface area contributed by atoms with E-state index >= 15 is 0 Å². The molecule has 0 aliphatic carbocycles. The Hall–Kier alpha value is -1.33. The van der Waals surface area contributed by atoms with Gasteiger partial charge >= 0.3 is 0 Å². The summed E-state index contributed by atoms with van der Waals surface area (Å²) in [4.78, 5) is 15.4. The van der Waals surface area contributed by atoms with Crippen LogP contribution in [-0.2, 0) is 4.79 Å². The number of piperazine rings is 1. The lowest BCUT2D eigenvalue weighted by Gasteiger charge is -2.36. The maximum atomic E-state index is 13.6. The van der Waals surface area contributed by atoms with Gasteiger partial charge in [0, 0.05) is 26.2 Å². The summed E-state index contributed by atoms with van der Waals surface area (Å²) in [6, 6.07) is 6.24. The fourth-order valence-electron chi connectivity index (χ4n) is 2.16. The van der Waals surface area contributed by atoms with Gasteiger partial charge in [-0.3, -0.25) is 4.79 Å².